The van der Waals surface area contributed by atoms with E-state index in [1.54, 1.807) is 0 Å². The van der Waals surface area contributed by atoms with Crippen molar-refractivity contribution in [3.8, 4) is 0 Å². The summed E-state index contributed by atoms with van der Waals surface area (Å²) in [7, 11) is -3.73. The first-order valence-corrected chi connectivity index (χ1v) is 7.10. The number of non-ortho nitro benzene ring substituents is 1. The Morgan fingerprint density at radius 2 is 2.20 bits per heavy atom. The van der Waals surface area contributed by atoms with E-state index >= 15 is 0 Å². The Morgan fingerprint density at radius 1 is 1.45 bits per heavy atom. The third-order valence-corrected chi connectivity index (χ3v) is 4.23. The number of rotatable bonds is 5. The highest BCUT2D eigenvalue weighted by Gasteiger charge is 2.19. The summed E-state index contributed by atoms with van der Waals surface area (Å²) in [5.41, 5.74) is 0.791. The highest BCUT2D eigenvalue weighted by molar-refractivity contribution is 7.89. The first kappa shape index (κ1) is 14.2. The Kier molecular flexibility index (Phi) is 3.81. The summed E-state index contributed by atoms with van der Waals surface area (Å²) in [5, 5.41) is 10.6. The lowest BCUT2D eigenvalue weighted by molar-refractivity contribution is -0.385. The molecule has 0 radical (unpaired) electrons. The number of nitro benzene ring substituents is 1. The van der Waals surface area contributed by atoms with E-state index in [0.29, 0.717) is 11.3 Å². The van der Waals surface area contributed by atoms with Gasteiger partial charge in [-0.3, -0.25) is 10.1 Å². The standard InChI is InChI=1S/C11H12N4O4S/c1-8-4-10(15(16)17)2-3-11(8)20(18,19)14-6-9-5-12-7-13-9/h2-5,7,14H,6H2,1H3,(H,12,13). The second-order valence-corrected chi connectivity index (χ2v) is 5.84. The number of hydrogen-bond acceptors (Lipinski definition) is 5. The second-order valence-electron chi connectivity index (χ2n) is 4.11. The summed E-state index contributed by atoms with van der Waals surface area (Å²) < 4.78 is 26.6. The van der Waals surface area contributed by atoms with Crippen LogP contribution >= 0.6 is 0 Å². The van der Waals surface area contributed by atoms with Crippen molar-refractivity contribution in [2.45, 2.75) is 18.4 Å². The first-order valence-electron chi connectivity index (χ1n) is 5.62. The predicted molar refractivity (Wildman–Crippen MR) is 70.4 cm³/mol. The van der Waals surface area contributed by atoms with E-state index in [0.717, 1.165) is 6.07 Å². The zero-order chi connectivity index (χ0) is 14.8. The van der Waals surface area contributed by atoms with Crippen LogP contribution in [0.1, 0.15) is 11.3 Å². The number of benzene rings is 1. The molecule has 0 saturated carbocycles. The van der Waals surface area contributed by atoms with Crippen molar-refractivity contribution in [1.82, 2.24) is 14.7 Å². The van der Waals surface area contributed by atoms with Crippen molar-refractivity contribution in [2.24, 2.45) is 0 Å². The van der Waals surface area contributed by atoms with Crippen molar-refractivity contribution >= 4 is 15.7 Å². The number of aryl methyl sites for hydroxylation is 1. The molecule has 0 fully saturated rings. The van der Waals surface area contributed by atoms with Crippen LogP contribution in [0, 0.1) is 17.0 Å². The molecule has 0 aliphatic rings. The van der Waals surface area contributed by atoms with Gasteiger partial charge in [-0.05, 0) is 18.6 Å². The molecule has 0 saturated heterocycles. The zero-order valence-corrected chi connectivity index (χ0v) is 11.3. The van der Waals surface area contributed by atoms with Gasteiger partial charge in [0.15, 0.2) is 0 Å². The summed E-state index contributed by atoms with van der Waals surface area (Å²) in [6.45, 7) is 1.58. The SMILES string of the molecule is Cc1cc([N+](=O)[O-])ccc1S(=O)(=O)NCc1cnc[nH]1. The minimum Gasteiger partial charge on any atom is -0.347 e. The molecule has 0 spiro atoms. The largest absolute Gasteiger partial charge is 0.347 e. The number of aromatic amines is 1. The van der Waals surface area contributed by atoms with Gasteiger partial charge in [-0.15, -0.1) is 0 Å². The Morgan fingerprint density at radius 3 is 2.75 bits per heavy atom. The Balaban J connectivity index is 2.23. The van der Waals surface area contributed by atoms with Crippen LogP contribution in [0.3, 0.4) is 0 Å². The second kappa shape index (κ2) is 5.39. The number of nitrogens with one attached hydrogen (secondary N) is 2. The summed E-state index contributed by atoms with van der Waals surface area (Å²) >= 11 is 0. The number of imidazole rings is 1. The maximum absolute atomic E-state index is 12.1. The van der Waals surface area contributed by atoms with Crippen molar-refractivity contribution in [2.75, 3.05) is 0 Å². The lowest BCUT2D eigenvalue weighted by Crippen LogP contribution is -2.24. The Hall–Kier alpha value is -2.26. The average molecular weight is 296 g/mol. The molecule has 0 aliphatic carbocycles. The molecule has 0 aliphatic heterocycles. The minimum atomic E-state index is -3.73. The smallest absolute Gasteiger partial charge is 0.269 e. The molecule has 1 aromatic carbocycles. The molecule has 1 aromatic heterocycles. The molecule has 1 heterocycles. The number of nitrogens with zero attached hydrogens (tertiary/aromatic N) is 2. The van der Waals surface area contributed by atoms with E-state index in [9.17, 15) is 18.5 Å². The number of sulfonamides is 1. The lowest BCUT2D eigenvalue weighted by Gasteiger charge is -2.08. The molecule has 0 atom stereocenters. The van der Waals surface area contributed by atoms with Gasteiger partial charge in [-0.1, -0.05) is 0 Å². The molecule has 0 unspecified atom stereocenters. The molecule has 2 rings (SSSR count). The molecule has 9 heteroatoms. The van der Waals surface area contributed by atoms with E-state index in [4.69, 9.17) is 0 Å². The average Bonchev–Trinajstić information content (AvgIpc) is 2.89. The van der Waals surface area contributed by atoms with E-state index in [-0.39, 0.29) is 17.1 Å². The Labute approximate surface area is 115 Å². The van der Waals surface area contributed by atoms with Gasteiger partial charge in [-0.25, -0.2) is 18.1 Å². The van der Waals surface area contributed by atoms with Crippen LogP contribution in [0.2, 0.25) is 0 Å². The molecular weight excluding hydrogens is 284 g/mol. The zero-order valence-electron chi connectivity index (χ0n) is 10.5. The third kappa shape index (κ3) is 3.00. The van der Waals surface area contributed by atoms with Crippen LogP contribution < -0.4 is 4.72 Å². The molecule has 0 bridgehead atoms. The maximum Gasteiger partial charge on any atom is 0.269 e. The van der Waals surface area contributed by atoms with E-state index in [1.807, 2.05) is 0 Å². The lowest BCUT2D eigenvalue weighted by atomic mass is 10.2. The van der Waals surface area contributed by atoms with Crippen LogP contribution in [-0.4, -0.2) is 23.3 Å². The number of nitro groups is 1. The van der Waals surface area contributed by atoms with Gasteiger partial charge >= 0.3 is 0 Å². The number of hydrogen-bond donors (Lipinski definition) is 2. The van der Waals surface area contributed by atoms with Gasteiger partial charge in [0.05, 0.1) is 22.7 Å². The van der Waals surface area contributed by atoms with Crippen molar-refractivity contribution in [3.63, 3.8) is 0 Å². The third-order valence-electron chi connectivity index (χ3n) is 2.67. The van der Waals surface area contributed by atoms with Crippen LogP contribution in [-0.2, 0) is 16.6 Å². The summed E-state index contributed by atoms with van der Waals surface area (Å²) in [5.74, 6) is 0. The normalized spacial score (nSPS) is 11.4. The molecule has 0 amide bonds. The van der Waals surface area contributed by atoms with Gasteiger partial charge < -0.3 is 4.98 Å². The van der Waals surface area contributed by atoms with Gasteiger partial charge in [0.25, 0.3) is 5.69 Å². The van der Waals surface area contributed by atoms with Gasteiger partial charge in [-0.2, -0.15) is 0 Å². The maximum atomic E-state index is 12.1. The molecule has 2 aromatic rings. The van der Waals surface area contributed by atoms with Crippen LogP contribution in [0.15, 0.2) is 35.6 Å². The highest BCUT2D eigenvalue weighted by atomic mass is 32.2. The molecule has 8 nitrogen and oxygen atoms in total. The quantitative estimate of drug-likeness (QED) is 0.632. The van der Waals surface area contributed by atoms with Gasteiger partial charge in [0.1, 0.15) is 0 Å². The topological polar surface area (TPSA) is 118 Å². The molecule has 20 heavy (non-hydrogen) atoms. The van der Waals surface area contributed by atoms with Crippen molar-refractivity contribution in [3.05, 3.63) is 52.1 Å². The Bertz CT molecular complexity index is 725. The van der Waals surface area contributed by atoms with Gasteiger partial charge in [0.2, 0.25) is 10.0 Å². The van der Waals surface area contributed by atoms with Crippen LogP contribution in [0.25, 0.3) is 0 Å². The fourth-order valence-corrected chi connectivity index (χ4v) is 2.91. The summed E-state index contributed by atoms with van der Waals surface area (Å²) in [6, 6.07) is 3.62. The highest BCUT2D eigenvalue weighted by Crippen LogP contribution is 2.21. The fraction of sp³-hybridized carbons (Fsp3) is 0.182. The summed E-state index contributed by atoms with van der Waals surface area (Å²) in [4.78, 5) is 16.6. The van der Waals surface area contributed by atoms with E-state index in [1.165, 1.54) is 31.6 Å². The summed E-state index contributed by atoms with van der Waals surface area (Å²) in [6.07, 6.45) is 2.95. The van der Waals surface area contributed by atoms with Crippen LogP contribution in [0.4, 0.5) is 5.69 Å². The van der Waals surface area contributed by atoms with Crippen LogP contribution in [0.5, 0.6) is 0 Å². The van der Waals surface area contributed by atoms with E-state index in [2.05, 4.69) is 14.7 Å². The fourth-order valence-electron chi connectivity index (χ4n) is 1.68. The molecule has 2 N–H and O–H groups in total. The first-order chi connectivity index (χ1) is 9.40. The number of H-pyrrole nitrogens is 1. The minimum absolute atomic E-state index is 0.0163. The molecule has 106 valence electrons. The predicted octanol–water partition coefficient (Wildman–Crippen LogP) is 1.10. The molecular formula is C11H12N4O4S. The van der Waals surface area contributed by atoms with Gasteiger partial charge in [0, 0.05) is 24.0 Å². The van der Waals surface area contributed by atoms with Crippen molar-refractivity contribution in [1.29, 1.82) is 0 Å². The van der Waals surface area contributed by atoms with E-state index < -0.39 is 14.9 Å². The van der Waals surface area contributed by atoms with Crippen molar-refractivity contribution < 1.29 is 13.3 Å². The monoisotopic (exact) mass is 296 g/mol. The number of aromatic nitrogens is 2.